The molecule has 0 radical (unpaired) electrons. The molecule has 0 N–H and O–H groups in total. The highest BCUT2D eigenvalue weighted by molar-refractivity contribution is 7.17. The molecule has 0 aliphatic carbocycles. The molecule has 0 bridgehead atoms. The summed E-state index contributed by atoms with van der Waals surface area (Å²) >= 11 is 7.55. The Balaban J connectivity index is 1.85. The highest BCUT2D eigenvalue weighted by atomic mass is 35.5. The van der Waals surface area contributed by atoms with Gasteiger partial charge in [-0.2, -0.15) is 0 Å². The summed E-state index contributed by atoms with van der Waals surface area (Å²) in [5.41, 5.74) is 1.33. The lowest BCUT2D eigenvalue weighted by Crippen LogP contribution is -2.23. The molecule has 188 valence electrons. The zero-order valence-corrected chi connectivity index (χ0v) is 22.3. The SMILES string of the molecule is CCOC(=O)c1nc2ccccn2c1-c1cc(OC(C)c2ccccc2Cl)c(C(=O)OC(C)(C)C)s1. The molecule has 0 saturated carbocycles. The molecule has 4 aromatic rings. The van der Waals surface area contributed by atoms with E-state index < -0.39 is 23.6 Å². The third kappa shape index (κ3) is 5.39. The van der Waals surface area contributed by atoms with E-state index in [-0.39, 0.29) is 17.2 Å². The minimum absolute atomic E-state index is 0.158. The highest BCUT2D eigenvalue weighted by Gasteiger charge is 2.29. The Kier molecular flexibility index (Phi) is 7.38. The highest BCUT2D eigenvalue weighted by Crippen LogP contribution is 2.41. The molecule has 3 heterocycles. The maximum Gasteiger partial charge on any atom is 0.359 e. The molecule has 0 amide bonds. The van der Waals surface area contributed by atoms with Crippen LogP contribution in [-0.2, 0) is 9.47 Å². The number of nitrogens with zero attached hydrogens (tertiary/aromatic N) is 2. The fourth-order valence-corrected chi connectivity index (χ4v) is 4.98. The van der Waals surface area contributed by atoms with Gasteiger partial charge in [0.05, 0.1) is 17.2 Å². The summed E-state index contributed by atoms with van der Waals surface area (Å²) in [5, 5.41) is 0.561. The van der Waals surface area contributed by atoms with Gasteiger partial charge in [0.25, 0.3) is 0 Å². The third-order valence-corrected chi connectivity index (χ3v) is 6.61. The van der Waals surface area contributed by atoms with Crippen molar-refractivity contribution in [3.63, 3.8) is 0 Å². The van der Waals surface area contributed by atoms with Crippen molar-refractivity contribution in [1.29, 1.82) is 0 Å². The van der Waals surface area contributed by atoms with Crippen LogP contribution in [0.25, 0.3) is 16.2 Å². The second-order valence-corrected chi connectivity index (χ2v) is 10.5. The minimum Gasteiger partial charge on any atom is -0.484 e. The zero-order valence-electron chi connectivity index (χ0n) is 20.7. The van der Waals surface area contributed by atoms with E-state index in [0.29, 0.717) is 27.0 Å². The van der Waals surface area contributed by atoms with Crippen LogP contribution in [0.5, 0.6) is 5.75 Å². The number of pyridine rings is 1. The Bertz CT molecular complexity index is 1420. The summed E-state index contributed by atoms with van der Waals surface area (Å²) in [7, 11) is 0. The number of hydrogen-bond donors (Lipinski definition) is 0. The van der Waals surface area contributed by atoms with Crippen molar-refractivity contribution in [1.82, 2.24) is 9.38 Å². The van der Waals surface area contributed by atoms with Crippen LogP contribution in [0.4, 0.5) is 0 Å². The first-order chi connectivity index (χ1) is 17.1. The van der Waals surface area contributed by atoms with Crippen LogP contribution >= 0.6 is 22.9 Å². The summed E-state index contributed by atoms with van der Waals surface area (Å²) in [6, 6.07) is 14.6. The molecule has 0 spiro atoms. The molecule has 7 nitrogen and oxygen atoms in total. The van der Waals surface area contributed by atoms with Gasteiger partial charge in [-0.05, 0) is 52.8 Å². The first-order valence-electron chi connectivity index (χ1n) is 11.5. The van der Waals surface area contributed by atoms with Gasteiger partial charge in [0, 0.05) is 22.8 Å². The largest absolute Gasteiger partial charge is 0.484 e. The monoisotopic (exact) mass is 526 g/mol. The molecule has 1 aromatic carbocycles. The average molecular weight is 527 g/mol. The number of ether oxygens (including phenoxy) is 3. The standard InChI is InChI=1S/C27H27ClN2O5S/c1-6-33-25(31)22-23(30-14-10-9-13-21(30)29-22)20-15-19(24(36-20)26(32)35-27(3,4)5)34-16(2)17-11-7-8-12-18(17)28/h7-16H,6H2,1-5H3. The molecule has 9 heteroatoms. The number of aromatic nitrogens is 2. The number of thiophene rings is 1. The number of fused-ring (bicyclic) bond motifs is 1. The summed E-state index contributed by atoms with van der Waals surface area (Å²) in [6.45, 7) is 9.21. The van der Waals surface area contributed by atoms with Crippen molar-refractivity contribution in [3.05, 3.63) is 75.9 Å². The van der Waals surface area contributed by atoms with E-state index in [2.05, 4.69) is 4.98 Å². The van der Waals surface area contributed by atoms with E-state index in [1.165, 1.54) is 11.3 Å². The Morgan fingerprint density at radius 2 is 1.83 bits per heavy atom. The van der Waals surface area contributed by atoms with Gasteiger partial charge < -0.3 is 14.2 Å². The number of rotatable bonds is 7. The second kappa shape index (κ2) is 10.3. The Morgan fingerprint density at radius 1 is 1.11 bits per heavy atom. The molecule has 3 aromatic heterocycles. The van der Waals surface area contributed by atoms with Crippen LogP contribution in [0.1, 0.15) is 66.4 Å². The average Bonchev–Trinajstić information content (AvgIpc) is 3.40. The van der Waals surface area contributed by atoms with E-state index in [0.717, 1.165) is 5.56 Å². The predicted molar refractivity (Wildman–Crippen MR) is 140 cm³/mol. The summed E-state index contributed by atoms with van der Waals surface area (Å²) in [5.74, 6) is -0.737. The van der Waals surface area contributed by atoms with Crippen LogP contribution in [-0.4, -0.2) is 33.5 Å². The molecule has 1 unspecified atom stereocenters. The summed E-state index contributed by atoms with van der Waals surface area (Å²) < 4.78 is 19.0. The Morgan fingerprint density at radius 3 is 2.53 bits per heavy atom. The van der Waals surface area contributed by atoms with Crippen molar-refractivity contribution in [2.75, 3.05) is 6.61 Å². The lowest BCUT2D eigenvalue weighted by molar-refractivity contribution is 0.00703. The maximum atomic E-state index is 13.2. The Labute approximate surface area is 218 Å². The fraction of sp³-hybridized carbons (Fsp3) is 0.296. The topological polar surface area (TPSA) is 79.1 Å². The quantitative estimate of drug-likeness (QED) is 0.241. The van der Waals surface area contributed by atoms with E-state index >= 15 is 0 Å². The van der Waals surface area contributed by atoms with Gasteiger partial charge in [0.15, 0.2) is 10.6 Å². The van der Waals surface area contributed by atoms with E-state index in [9.17, 15) is 9.59 Å². The molecule has 0 saturated heterocycles. The van der Waals surface area contributed by atoms with Gasteiger partial charge in [-0.15, -0.1) is 11.3 Å². The Hall–Kier alpha value is -3.36. The molecule has 0 fully saturated rings. The first-order valence-corrected chi connectivity index (χ1v) is 12.7. The van der Waals surface area contributed by atoms with Gasteiger partial charge in [-0.25, -0.2) is 14.6 Å². The number of carbonyl (C=O) groups excluding carboxylic acids is 2. The van der Waals surface area contributed by atoms with Crippen LogP contribution in [0.15, 0.2) is 54.7 Å². The zero-order chi connectivity index (χ0) is 26.0. The van der Waals surface area contributed by atoms with Crippen LogP contribution in [0, 0.1) is 0 Å². The van der Waals surface area contributed by atoms with E-state index in [1.807, 2.05) is 37.3 Å². The predicted octanol–water partition coefficient (Wildman–Crippen LogP) is 6.99. The normalized spacial score (nSPS) is 12.4. The molecular weight excluding hydrogens is 500 g/mol. The van der Waals surface area contributed by atoms with Crippen molar-refractivity contribution < 1.29 is 23.8 Å². The summed E-state index contributed by atoms with van der Waals surface area (Å²) in [6.07, 6.45) is 1.36. The van der Waals surface area contributed by atoms with Crippen molar-refractivity contribution in [2.45, 2.75) is 46.3 Å². The van der Waals surface area contributed by atoms with Crippen molar-refractivity contribution in [2.24, 2.45) is 0 Å². The van der Waals surface area contributed by atoms with Crippen LogP contribution in [0.3, 0.4) is 0 Å². The van der Waals surface area contributed by atoms with E-state index in [1.54, 1.807) is 56.5 Å². The lowest BCUT2D eigenvalue weighted by atomic mass is 10.1. The van der Waals surface area contributed by atoms with Crippen molar-refractivity contribution >= 4 is 40.5 Å². The summed E-state index contributed by atoms with van der Waals surface area (Å²) in [4.78, 5) is 31.4. The molecule has 4 rings (SSSR count). The minimum atomic E-state index is -0.702. The van der Waals surface area contributed by atoms with Gasteiger partial charge in [0.1, 0.15) is 23.1 Å². The smallest absolute Gasteiger partial charge is 0.359 e. The number of esters is 2. The van der Waals surface area contributed by atoms with Gasteiger partial charge in [-0.1, -0.05) is 35.9 Å². The molecule has 0 aliphatic heterocycles. The number of carbonyl (C=O) groups is 2. The lowest BCUT2D eigenvalue weighted by Gasteiger charge is -2.20. The van der Waals surface area contributed by atoms with Crippen molar-refractivity contribution in [3.8, 4) is 16.3 Å². The van der Waals surface area contributed by atoms with Crippen LogP contribution < -0.4 is 4.74 Å². The van der Waals surface area contributed by atoms with Gasteiger partial charge >= 0.3 is 11.9 Å². The number of imidazole rings is 1. The fourth-order valence-electron chi connectivity index (χ4n) is 3.68. The van der Waals surface area contributed by atoms with Gasteiger partial charge in [-0.3, -0.25) is 4.40 Å². The van der Waals surface area contributed by atoms with Gasteiger partial charge in [0.2, 0.25) is 0 Å². The number of halogens is 1. The number of hydrogen-bond acceptors (Lipinski definition) is 7. The van der Waals surface area contributed by atoms with Crippen LogP contribution in [0.2, 0.25) is 5.02 Å². The third-order valence-electron chi connectivity index (χ3n) is 5.16. The number of benzene rings is 1. The second-order valence-electron chi connectivity index (χ2n) is 9.05. The first kappa shape index (κ1) is 25.7. The molecule has 0 aliphatic rings. The molecule has 36 heavy (non-hydrogen) atoms. The maximum absolute atomic E-state index is 13.2. The van der Waals surface area contributed by atoms with E-state index in [4.69, 9.17) is 25.8 Å². The molecular formula is C27H27ClN2O5S. The molecule has 1 atom stereocenters.